The first-order valence-electron chi connectivity index (χ1n) is 9.33. The van der Waals surface area contributed by atoms with E-state index < -0.39 is 58.0 Å². The number of likely N-dealkylation sites (N-methyl/N-ethyl adjacent to an activating group) is 1. The largest absolute Gasteiger partial charge is 0.510 e. The summed E-state index contributed by atoms with van der Waals surface area (Å²) < 4.78 is 0. The third-order valence-corrected chi connectivity index (χ3v) is 6.31. The second kappa shape index (κ2) is 6.38. The minimum absolute atomic E-state index is 0.0447. The van der Waals surface area contributed by atoms with E-state index >= 15 is 0 Å². The van der Waals surface area contributed by atoms with Crippen LogP contribution in [-0.4, -0.2) is 73.5 Å². The van der Waals surface area contributed by atoms with Crippen LogP contribution in [0.1, 0.15) is 22.5 Å². The number of fused-ring (bicyclic) bond motifs is 3. The Labute approximate surface area is 170 Å². The molecule has 0 bridgehead atoms. The van der Waals surface area contributed by atoms with Crippen LogP contribution in [0, 0.1) is 11.8 Å². The average molecular weight is 415 g/mol. The van der Waals surface area contributed by atoms with Crippen molar-refractivity contribution in [1.82, 2.24) is 9.88 Å². The highest BCUT2D eigenvalue weighted by Crippen LogP contribution is 2.51. The van der Waals surface area contributed by atoms with Crippen molar-refractivity contribution >= 4 is 17.5 Å². The van der Waals surface area contributed by atoms with E-state index in [1.165, 1.54) is 17.2 Å². The zero-order valence-electron chi connectivity index (χ0n) is 16.3. The second-order valence-electron chi connectivity index (χ2n) is 8.11. The molecule has 6 N–H and O–H groups in total. The fourth-order valence-corrected chi connectivity index (χ4v) is 5.03. The molecular weight excluding hydrogens is 394 g/mol. The number of carbonyl (C=O) groups is 3. The lowest BCUT2D eigenvalue weighted by atomic mass is 9.59. The Morgan fingerprint density at radius 2 is 1.93 bits per heavy atom. The number of primary amides is 1. The van der Waals surface area contributed by atoms with Crippen molar-refractivity contribution in [3.8, 4) is 5.75 Å². The first-order chi connectivity index (χ1) is 14.0. The lowest BCUT2D eigenvalue weighted by Crippen LogP contribution is -2.63. The normalized spacial score (nSPS) is 30.9. The number of amides is 1. The van der Waals surface area contributed by atoms with Crippen molar-refractivity contribution < 1.29 is 34.8 Å². The number of hydrogen-bond acceptors (Lipinski definition) is 9. The van der Waals surface area contributed by atoms with E-state index in [0.29, 0.717) is 5.69 Å². The van der Waals surface area contributed by atoms with Gasteiger partial charge in [-0.05, 0) is 38.9 Å². The van der Waals surface area contributed by atoms with Gasteiger partial charge in [0, 0.05) is 17.7 Å². The van der Waals surface area contributed by atoms with E-state index in [1.54, 1.807) is 14.1 Å². The number of allylic oxidation sites excluding steroid dienone is 1. The van der Waals surface area contributed by atoms with E-state index in [9.17, 15) is 34.8 Å². The predicted molar refractivity (Wildman–Crippen MR) is 101 cm³/mol. The lowest BCUT2D eigenvalue weighted by Gasteiger charge is -2.50. The summed E-state index contributed by atoms with van der Waals surface area (Å²) in [7, 11) is 3.15. The molecule has 1 heterocycles. The fourth-order valence-electron chi connectivity index (χ4n) is 5.03. The van der Waals surface area contributed by atoms with Crippen molar-refractivity contribution in [1.29, 1.82) is 0 Å². The smallest absolute Gasteiger partial charge is 0.255 e. The average Bonchev–Trinajstić information content (AvgIpc) is 2.64. The molecule has 0 aromatic carbocycles. The minimum Gasteiger partial charge on any atom is -0.510 e. The van der Waals surface area contributed by atoms with Crippen LogP contribution in [0.15, 0.2) is 34.9 Å². The van der Waals surface area contributed by atoms with Crippen molar-refractivity contribution in [3.63, 3.8) is 0 Å². The number of hydrogen-bond donors (Lipinski definition) is 5. The number of Topliss-reactive ketones (excluding diaryl/α,β-unsaturated/α-hetero) is 2. The van der Waals surface area contributed by atoms with Gasteiger partial charge in [-0.2, -0.15) is 0 Å². The number of pyridine rings is 1. The van der Waals surface area contributed by atoms with Crippen LogP contribution >= 0.6 is 0 Å². The van der Waals surface area contributed by atoms with Crippen LogP contribution in [-0.2, 0) is 16.0 Å². The topological polar surface area (TPSA) is 174 Å². The maximum absolute atomic E-state index is 13.1. The number of nitrogens with two attached hydrogens (primary N) is 1. The Bertz CT molecular complexity index is 1070. The molecule has 1 aromatic heterocycles. The summed E-state index contributed by atoms with van der Waals surface area (Å²) in [6.07, 6.45) is 1.58. The molecule has 10 nitrogen and oxygen atoms in total. The first-order valence-corrected chi connectivity index (χ1v) is 9.33. The van der Waals surface area contributed by atoms with E-state index in [-0.39, 0.29) is 29.7 Å². The summed E-state index contributed by atoms with van der Waals surface area (Å²) in [5.41, 5.74) is 1.86. The highest BCUT2D eigenvalue weighted by Gasteiger charge is 2.63. The van der Waals surface area contributed by atoms with Gasteiger partial charge in [0.05, 0.1) is 17.3 Å². The summed E-state index contributed by atoms with van der Waals surface area (Å²) in [6.45, 7) is 0. The van der Waals surface area contributed by atoms with E-state index in [2.05, 4.69) is 4.98 Å². The van der Waals surface area contributed by atoms with Gasteiger partial charge in [0.15, 0.2) is 11.4 Å². The Kier molecular flexibility index (Phi) is 4.26. The van der Waals surface area contributed by atoms with E-state index in [1.807, 2.05) is 0 Å². The zero-order chi connectivity index (χ0) is 22.1. The molecule has 0 saturated heterocycles. The number of nitrogens with zero attached hydrogens (tertiary/aromatic N) is 2. The molecule has 1 amide bonds. The maximum atomic E-state index is 13.1. The van der Waals surface area contributed by atoms with Crippen LogP contribution in [0.3, 0.4) is 0 Å². The van der Waals surface area contributed by atoms with Gasteiger partial charge in [0.25, 0.3) is 5.91 Å². The SMILES string of the molecule is CN(C)[C@@H]1C(O)=C(C(N)=O)C(=O)[C@@]2(O)C(O)=C3C(=O)c4c(O)ccnc4CC3CC12. The molecule has 0 spiro atoms. The predicted octanol–water partition coefficient (Wildman–Crippen LogP) is -0.484. The van der Waals surface area contributed by atoms with Gasteiger partial charge in [-0.15, -0.1) is 0 Å². The highest BCUT2D eigenvalue weighted by atomic mass is 16.3. The number of aromatic nitrogens is 1. The summed E-state index contributed by atoms with van der Waals surface area (Å²) in [6, 6.07) is 0.224. The van der Waals surface area contributed by atoms with E-state index in [4.69, 9.17) is 5.73 Å². The van der Waals surface area contributed by atoms with Crippen molar-refractivity contribution in [2.24, 2.45) is 17.6 Å². The molecule has 1 aromatic rings. The molecule has 0 saturated carbocycles. The van der Waals surface area contributed by atoms with Crippen LogP contribution in [0.25, 0.3) is 0 Å². The minimum atomic E-state index is -2.62. The molecule has 158 valence electrons. The fraction of sp³-hybridized carbons (Fsp3) is 0.400. The lowest BCUT2D eigenvalue weighted by molar-refractivity contribution is -0.148. The Morgan fingerprint density at radius 3 is 2.53 bits per heavy atom. The molecular formula is C20H21N3O7. The third kappa shape index (κ3) is 2.37. The van der Waals surface area contributed by atoms with Crippen LogP contribution < -0.4 is 5.73 Å². The molecule has 0 fully saturated rings. The monoisotopic (exact) mass is 415 g/mol. The third-order valence-electron chi connectivity index (χ3n) is 6.31. The summed E-state index contributed by atoms with van der Waals surface area (Å²) in [5, 5.41) is 43.1. The first kappa shape index (κ1) is 20.0. The van der Waals surface area contributed by atoms with Crippen molar-refractivity contribution in [2.45, 2.75) is 24.5 Å². The van der Waals surface area contributed by atoms with Gasteiger partial charge in [-0.3, -0.25) is 24.3 Å². The van der Waals surface area contributed by atoms with Gasteiger partial charge in [0.2, 0.25) is 5.78 Å². The Hall–Kier alpha value is -3.24. The van der Waals surface area contributed by atoms with Gasteiger partial charge < -0.3 is 26.2 Å². The van der Waals surface area contributed by atoms with Crippen LogP contribution in [0.5, 0.6) is 5.75 Å². The summed E-state index contributed by atoms with van der Waals surface area (Å²) in [4.78, 5) is 43.7. The number of carbonyl (C=O) groups excluding carboxylic acids is 3. The van der Waals surface area contributed by atoms with Crippen molar-refractivity contribution in [2.75, 3.05) is 14.1 Å². The van der Waals surface area contributed by atoms with Crippen molar-refractivity contribution in [3.05, 3.63) is 46.2 Å². The number of aliphatic hydroxyl groups is 3. The van der Waals surface area contributed by atoms with Gasteiger partial charge in [-0.25, -0.2) is 0 Å². The Balaban J connectivity index is 1.97. The number of ketones is 2. The number of aromatic hydroxyl groups is 1. The highest BCUT2D eigenvalue weighted by molar-refractivity contribution is 6.24. The van der Waals surface area contributed by atoms with Gasteiger partial charge >= 0.3 is 0 Å². The summed E-state index contributed by atoms with van der Waals surface area (Å²) in [5.74, 6) is -6.70. The molecule has 4 rings (SSSR count). The second-order valence-corrected chi connectivity index (χ2v) is 8.11. The molecule has 2 unspecified atom stereocenters. The van der Waals surface area contributed by atoms with Gasteiger partial charge in [-0.1, -0.05) is 0 Å². The van der Waals surface area contributed by atoms with E-state index in [0.717, 1.165) is 0 Å². The Morgan fingerprint density at radius 1 is 1.27 bits per heavy atom. The van der Waals surface area contributed by atoms with Crippen LogP contribution in [0.4, 0.5) is 0 Å². The number of rotatable bonds is 2. The maximum Gasteiger partial charge on any atom is 0.255 e. The quantitative estimate of drug-likeness (QED) is 0.399. The molecule has 4 atom stereocenters. The molecule has 10 heteroatoms. The molecule has 0 radical (unpaired) electrons. The standard InChI is InChI=1S/C20H21N3O7/c1-23(2)14-8-5-7-6-9-12(10(24)3-4-22-9)15(25)11(7)17(27)20(8,30)18(28)13(16(14)26)19(21)29/h3-4,7-8,14,26-27,30H,5-6H2,1-2H3,(H2,21,29)(H,22,24)/t7?,8?,14-,20-/m0/s1. The van der Waals surface area contributed by atoms with Gasteiger partial charge in [0.1, 0.15) is 22.8 Å². The molecule has 3 aliphatic carbocycles. The zero-order valence-corrected chi connectivity index (χ0v) is 16.3. The molecule has 30 heavy (non-hydrogen) atoms. The molecule has 3 aliphatic rings. The van der Waals surface area contributed by atoms with Crippen LogP contribution in [0.2, 0.25) is 0 Å². The molecule has 0 aliphatic heterocycles. The number of aliphatic hydroxyl groups excluding tert-OH is 2. The summed E-state index contributed by atoms with van der Waals surface area (Å²) >= 11 is 0.